The molecule has 0 spiro atoms. The van der Waals surface area contributed by atoms with Crippen molar-refractivity contribution >= 4 is 21.6 Å². The Bertz CT molecular complexity index is 832. The van der Waals surface area contributed by atoms with E-state index >= 15 is 0 Å². The van der Waals surface area contributed by atoms with E-state index in [2.05, 4.69) is 10.0 Å². The van der Waals surface area contributed by atoms with Gasteiger partial charge in [0.25, 0.3) is 5.91 Å². The van der Waals surface area contributed by atoms with Crippen molar-refractivity contribution in [2.24, 2.45) is 0 Å². The standard InChI is InChI=1S/C18H21FN2O3S/c1-3-15(4-2)21-25(23,24)17-7-5-6-13(12-17)18(22)20-16-10-8-14(19)9-11-16/h5-12,15,21H,3-4H2,1-2H3,(H,20,22). The minimum Gasteiger partial charge on any atom is -0.322 e. The lowest BCUT2D eigenvalue weighted by Gasteiger charge is -2.15. The van der Waals surface area contributed by atoms with Crippen LogP contribution in [0.1, 0.15) is 37.0 Å². The summed E-state index contributed by atoms with van der Waals surface area (Å²) in [6.45, 7) is 3.81. The zero-order valence-electron chi connectivity index (χ0n) is 14.1. The van der Waals surface area contributed by atoms with E-state index in [1.54, 1.807) is 0 Å². The van der Waals surface area contributed by atoms with Crippen LogP contribution in [0, 0.1) is 5.82 Å². The third-order valence-electron chi connectivity index (χ3n) is 3.82. The third-order valence-corrected chi connectivity index (χ3v) is 5.33. The molecule has 0 bridgehead atoms. The second-order valence-corrected chi connectivity index (χ2v) is 7.34. The predicted octanol–water partition coefficient (Wildman–Crippen LogP) is 3.54. The molecule has 1 amide bonds. The molecule has 5 nitrogen and oxygen atoms in total. The average Bonchev–Trinajstić information content (AvgIpc) is 2.61. The maximum absolute atomic E-state index is 12.9. The van der Waals surface area contributed by atoms with Crippen molar-refractivity contribution in [1.82, 2.24) is 4.72 Å². The lowest BCUT2D eigenvalue weighted by atomic mass is 10.2. The van der Waals surface area contributed by atoms with Crippen LogP contribution >= 0.6 is 0 Å². The summed E-state index contributed by atoms with van der Waals surface area (Å²) in [7, 11) is -3.70. The summed E-state index contributed by atoms with van der Waals surface area (Å²) < 4.78 is 40.4. The average molecular weight is 364 g/mol. The summed E-state index contributed by atoms with van der Waals surface area (Å²) in [6.07, 6.45) is 1.36. The van der Waals surface area contributed by atoms with Crippen LogP contribution < -0.4 is 10.0 Å². The van der Waals surface area contributed by atoms with Gasteiger partial charge in [0, 0.05) is 17.3 Å². The molecular formula is C18H21FN2O3S. The van der Waals surface area contributed by atoms with Gasteiger partial charge in [0.1, 0.15) is 5.82 Å². The van der Waals surface area contributed by atoms with Gasteiger partial charge in [0.2, 0.25) is 10.0 Å². The highest BCUT2D eigenvalue weighted by atomic mass is 32.2. The molecule has 0 heterocycles. The molecule has 25 heavy (non-hydrogen) atoms. The molecule has 0 aliphatic rings. The molecule has 0 radical (unpaired) electrons. The number of hydrogen-bond acceptors (Lipinski definition) is 3. The highest BCUT2D eigenvalue weighted by molar-refractivity contribution is 7.89. The number of amides is 1. The monoisotopic (exact) mass is 364 g/mol. The van der Waals surface area contributed by atoms with Crippen molar-refractivity contribution in [3.63, 3.8) is 0 Å². The molecule has 2 rings (SSSR count). The van der Waals surface area contributed by atoms with Gasteiger partial charge in [-0.1, -0.05) is 19.9 Å². The predicted molar refractivity (Wildman–Crippen MR) is 95.5 cm³/mol. The fourth-order valence-electron chi connectivity index (χ4n) is 2.28. The molecule has 0 saturated carbocycles. The molecular weight excluding hydrogens is 343 g/mol. The fourth-order valence-corrected chi connectivity index (χ4v) is 3.73. The molecule has 0 aromatic heterocycles. The Morgan fingerprint density at radius 1 is 1.08 bits per heavy atom. The Morgan fingerprint density at radius 3 is 2.32 bits per heavy atom. The molecule has 0 atom stereocenters. The van der Waals surface area contributed by atoms with Gasteiger partial charge in [0.15, 0.2) is 0 Å². The Kier molecular flexibility index (Phi) is 6.27. The topological polar surface area (TPSA) is 75.3 Å². The van der Waals surface area contributed by atoms with E-state index in [-0.39, 0.29) is 16.5 Å². The maximum atomic E-state index is 12.9. The van der Waals surface area contributed by atoms with Gasteiger partial charge >= 0.3 is 0 Å². The van der Waals surface area contributed by atoms with Gasteiger partial charge in [-0.3, -0.25) is 4.79 Å². The van der Waals surface area contributed by atoms with Crippen LogP contribution in [0.2, 0.25) is 0 Å². The molecule has 0 fully saturated rings. The van der Waals surface area contributed by atoms with Gasteiger partial charge < -0.3 is 5.32 Å². The molecule has 0 unspecified atom stereocenters. The minimum atomic E-state index is -3.70. The smallest absolute Gasteiger partial charge is 0.255 e. The van der Waals surface area contributed by atoms with Crippen LogP contribution in [0.5, 0.6) is 0 Å². The Morgan fingerprint density at radius 2 is 1.72 bits per heavy atom. The summed E-state index contributed by atoms with van der Waals surface area (Å²) in [5.74, 6) is -0.871. The summed E-state index contributed by atoms with van der Waals surface area (Å²) in [5.41, 5.74) is 0.631. The Labute approximate surface area is 147 Å². The zero-order valence-corrected chi connectivity index (χ0v) is 14.9. The highest BCUT2D eigenvalue weighted by Gasteiger charge is 2.19. The maximum Gasteiger partial charge on any atom is 0.255 e. The lowest BCUT2D eigenvalue weighted by Crippen LogP contribution is -2.33. The van der Waals surface area contributed by atoms with Crippen molar-refractivity contribution < 1.29 is 17.6 Å². The Hall–Kier alpha value is -2.25. The number of carbonyl (C=O) groups is 1. The van der Waals surface area contributed by atoms with E-state index in [9.17, 15) is 17.6 Å². The number of benzene rings is 2. The van der Waals surface area contributed by atoms with Crippen molar-refractivity contribution in [2.45, 2.75) is 37.6 Å². The van der Waals surface area contributed by atoms with E-state index in [1.807, 2.05) is 13.8 Å². The van der Waals surface area contributed by atoms with Gasteiger partial charge in [0.05, 0.1) is 4.90 Å². The van der Waals surface area contributed by atoms with Crippen LogP contribution in [0.3, 0.4) is 0 Å². The van der Waals surface area contributed by atoms with Crippen molar-refractivity contribution in [2.75, 3.05) is 5.32 Å². The number of halogens is 1. The number of rotatable bonds is 7. The normalized spacial score (nSPS) is 11.5. The van der Waals surface area contributed by atoms with Crippen LogP contribution in [0.4, 0.5) is 10.1 Å². The number of hydrogen-bond donors (Lipinski definition) is 2. The van der Waals surface area contributed by atoms with Crippen LogP contribution in [0.25, 0.3) is 0 Å². The first-order valence-electron chi connectivity index (χ1n) is 8.05. The quantitative estimate of drug-likeness (QED) is 0.789. The van der Waals surface area contributed by atoms with Crippen molar-refractivity contribution in [3.05, 3.63) is 59.9 Å². The second kappa shape index (κ2) is 8.22. The lowest BCUT2D eigenvalue weighted by molar-refractivity contribution is 0.102. The summed E-state index contributed by atoms with van der Waals surface area (Å²) in [4.78, 5) is 12.3. The van der Waals surface area contributed by atoms with Crippen LogP contribution in [-0.2, 0) is 10.0 Å². The molecule has 2 aromatic rings. The van der Waals surface area contributed by atoms with E-state index in [0.29, 0.717) is 18.5 Å². The molecule has 0 aliphatic heterocycles. The van der Waals surface area contributed by atoms with E-state index < -0.39 is 21.7 Å². The van der Waals surface area contributed by atoms with E-state index in [1.165, 1.54) is 48.5 Å². The van der Waals surface area contributed by atoms with Gasteiger partial charge in [-0.15, -0.1) is 0 Å². The number of anilines is 1. The van der Waals surface area contributed by atoms with Crippen molar-refractivity contribution in [3.8, 4) is 0 Å². The zero-order chi connectivity index (χ0) is 18.4. The SMILES string of the molecule is CCC(CC)NS(=O)(=O)c1cccc(C(=O)Nc2ccc(F)cc2)c1. The van der Waals surface area contributed by atoms with Gasteiger partial charge in [-0.25, -0.2) is 17.5 Å². The van der Waals surface area contributed by atoms with Gasteiger partial charge in [-0.2, -0.15) is 0 Å². The summed E-state index contributed by atoms with van der Waals surface area (Å²) in [6, 6.07) is 11.0. The summed E-state index contributed by atoms with van der Waals surface area (Å²) in [5, 5.41) is 2.61. The largest absolute Gasteiger partial charge is 0.322 e. The first-order chi connectivity index (χ1) is 11.9. The first kappa shape index (κ1) is 19.1. The fraction of sp³-hybridized carbons (Fsp3) is 0.278. The molecule has 0 saturated heterocycles. The first-order valence-corrected chi connectivity index (χ1v) is 9.53. The van der Waals surface area contributed by atoms with Gasteiger partial charge in [-0.05, 0) is 55.3 Å². The molecule has 2 aromatic carbocycles. The van der Waals surface area contributed by atoms with Crippen LogP contribution in [0.15, 0.2) is 53.4 Å². The number of sulfonamides is 1. The molecule has 0 aliphatic carbocycles. The molecule has 7 heteroatoms. The molecule has 2 N–H and O–H groups in total. The molecule has 134 valence electrons. The van der Waals surface area contributed by atoms with Crippen LogP contribution in [-0.4, -0.2) is 20.4 Å². The highest BCUT2D eigenvalue weighted by Crippen LogP contribution is 2.15. The van der Waals surface area contributed by atoms with E-state index in [4.69, 9.17) is 0 Å². The Balaban J connectivity index is 2.20. The van der Waals surface area contributed by atoms with Crippen molar-refractivity contribution in [1.29, 1.82) is 0 Å². The minimum absolute atomic E-state index is 0.0335. The number of carbonyl (C=O) groups excluding carboxylic acids is 1. The van der Waals surface area contributed by atoms with E-state index in [0.717, 1.165) is 0 Å². The third kappa shape index (κ3) is 5.11. The number of nitrogens with one attached hydrogen (secondary N) is 2. The summed E-state index contributed by atoms with van der Waals surface area (Å²) >= 11 is 0. The second-order valence-electron chi connectivity index (χ2n) is 5.62.